The lowest BCUT2D eigenvalue weighted by Gasteiger charge is -2.17. The second kappa shape index (κ2) is 5.56. The van der Waals surface area contributed by atoms with Crippen LogP contribution in [0, 0.1) is 5.92 Å². The highest BCUT2D eigenvalue weighted by Gasteiger charge is 2.15. The van der Waals surface area contributed by atoms with E-state index in [1.54, 1.807) is 27.8 Å². The van der Waals surface area contributed by atoms with Gasteiger partial charge in [0.25, 0.3) is 0 Å². The van der Waals surface area contributed by atoms with Gasteiger partial charge in [0.15, 0.2) is 0 Å². The molecule has 0 aliphatic carbocycles. The molecule has 76 valence electrons. The maximum absolute atomic E-state index is 11.3. The van der Waals surface area contributed by atoms with Crippen molar-refractivity contribution in [2.45, 2.75) is 20.8 Å². The number of ether oxygens (including phenoxy) is 1. The van der Waals surface area contributed by atoms with E-state index in [9.17, 15) is 9.59 Å². The number of likely N-dealkylation sites (N-methyl/N-ethyl adjacent to an activating group) is 1. The molecule has 0 aliphatic heterocycles. The Labute approximate surface area is 78.9 Å². The minimum absolute atomic E-state index is 0.0326. The number of rotatable bonds is 4. The number of hydrogen-bond donors (Lipinski definition) is 0. The van der Waals surface area contributed by atoms with Crippen LogP contribution in [0.25, 0.3) is 0 Å². The van der Waals surface area contributed by atoms with Gasteiger partial charge in [-0.15, -0.1) is 0 Å². The standard InChI is InChI=1S/C9H17NO3/c1-5-13-8(11)6-10(4)9(12)7(2)3/h7H,5-6H2,1-4H3. The molecule has 0 N–H and O–H groups in total. The van der Waals surface area contributed by atoms with E-state index in [-0.39, 0.29) is 24.3 Å². The van der Waals surface area contributed by atoms with Crippen molar-refractivity contribution in [3.63, 3.8) is 0 Å². The SMILES string of the molecule is CCOC(=O)CN(C)C(=O)C(C)C. The van der Waals surface area contributed by atoms with Crippen molar-refractivity contribution in [2.75, 3.05) is 20.2 Å². The van der Waals surface area contributed by atoms with E-state index in [2.05, 4.69) is 0 Å². The molecule has 0 bridgehead atoms. The van der Waals surface area contributed by atoms with Crippen LogP contribution in [0.1, 0.15) is 20.8 Å². The van der Waals surface area contributed by atoms with Crippen molar-refractivity contribution < 1.29 is 14.3 Å². The molecule has 0 saturated carbocycles. The first-order chi connectivity index (χ1) is 5.99. The summed E-state index contributed by atoms with van der Waals surface area (Å²) in [6.45, 7) is 5.71. The summed E-state index contributed by atoms with van der Waals surface area (Å²) in [6.07, 6.45) is 0. The van der Waals surface area contributed by atoms with Crippen LogP contribution in [-0.4, -0.2) is 37.0 Å². The van der Waals surface area contributed by atoms with Crippen molar-refractivity contribution in [1.29, 1.82) is 0 Å². The highest BCUT2D eigenvalue weighted by molar-refractivity contribution is 5.82. The molecule has 0 heterocycles. The maximum Gasteiger partial charge on any atom is 0.325 e. The number of carbonyl (C=O) groups is 2. The lowest BCUT2D eigenvalue weighted by molar-refractivity contribution is -0.148. The van der Waals surface area contributed by atoms with Crippen molar-refractivity contribution in [3.05, 3.63) is 0 Å². The fourth-order valence-corrected chi connectivity index (χ4v) is 0.919. The Balaban J connectivity index is 3.92. The zero-order chi connectivity index (χ0) is 10.4. The predicted molar refractivity (Wildman–Crippen MR) is 49.1 cm³/mol. The van der Waals surface area contributed by atoms with Crippen molar-refractivity contribution in [1.82, 2.24) is 4.90 Å². The summed E-state index contributed by atoms with van der Waals surface area (Å²) in [5, 5.41) is 0. The zero-order valence-corrected chi connectivity index (χ0v) is 8.66. The van der Waals surface area contributed by atoms with Gasteiger partial charge in [0, 0.05) is 13.0 Å². The average Bonchev–Trinajstić information content (AvgIpc) is 2.03. The maximum atomic E-state index is 11.3. The van der Waals surface area contributed by atoms with Crippen LogP contribution in [0.2, 0.25) is 0 Å². The summed E-state index contributed by atoms with van der Waals surface area (Å²) in [6, 6.07) is 0. The van der Waals surface area contributed by atoms with Gasteiger partial charge in [-0.1, -0.05) is 13.8 Å². The van der Waals surface area contributed by atoms with Crippen LogP contribution in [0.15, 0.2) is 0 Å². The summed E-state index contributed by atoms with van der Waals surface area (Å²) in [5.41, 5.74) is 0. The van der Waals surface area contributed by atoms with Crippen molar-refractivity contribution >= 4 is 11.9 Å². The van der Waals surface area contributed by atoms with E-state index in [4.69, 9.17) is 4.74 Å². The third kappa shape index (κ3) is 4.50. The summed E-state index contributed by atoms with van der Waals surface area (Å²) in [4.78, 5) is 23.6. The van der Waals surface area contributed by atoms with Gasteiger partial charge in [-0.2, -0.15) is 0 Å². The molecular weight excluding hydrogens is 170 g/mol. The molecule has 0 aromatic heterocycles. The van der Waals surface area contributed by atoms with Gasteiger partial charge in [0.2, 0.25) is 5.91 Å². The first-order valence-corrected chi connectivity index (χ1v) is 4.39. The Morgan fingerprint density at radius 2 is 1.92 bits per heavy atom. The Bertz CT molecular complexity index is 189. The molecule has 0 atom stereocenters. The first kappa shape index (κ1) is 11.9. The van der Waals surface area contributed by atoms with Crippen molar-refractivity contribution in [2.24, 2.45) is 5.92 Å². The molecule has 0 aliphatic rings. The van der Waals surface area contributed by atoms with Gasteiger partial charge in [-0.05, 0) is 6.92 Å². The molecule has 0 unspecified atom stereocenters. The van der Waals surface area contributed by atoms with E-state index in [0.717, 1.165) is 0 Å². The molecular formula is C9H17NO3. The van der Waals surface area contributed by atoms with Gasteiger partial charge >= 0.3 is 5.97 Å². The molecule has 13 heavy (non-hydrogen) atoms. The highest BCUT2D eigenvalue weighted by Crippen LogP contribution is 1.98. The Kier molecular flexibility index (Phi) is 5.11. The number of amides is 1. The number of esters is 1. The lowest BCUT2D eigenvalue weighted by Crippen LogP contribution is -2.35. The van der Waals surface area contributed by atoms with Gasteiger partial charge in [0.1, 0.15) is 6.54 Å². The van der Waals surface area contributed by atoms with Crippen LogP contribution in [0.5, 0.6) is 0 Å². The first-order valence-electron chi connectivity index (χ1n) is 4.39. The normalized spacial score (nSPS) is 9.92. The monoisotopic (exact) mass is 187 g/mol. The van der Waals surface area contributed by atoms with E-state index < -0.39 is 0 Å². The predicted octanol–water partition coefficient (Wildman–Crippen LogP) is 0.664. The van der Waals surface area contributed by atoms with Crippen LogP contribution in [0.3, 0.4) is 0 Å². The Morgan fingerprint density at radius 1 is 1.38 bits per heavy atom. The lowest BCUT2D eigenvalue weighted by atomic mass is 10.2. The van der Waals surface area contributed by atoms with Gasteiger partial charge in [0.05, 0.1) is 6.61 Å². The molecule has 0 spiro atoms. The van der Waals surface area contributed by atoms with E-state index in [1.165, 1.54) is 4.90 Å². The highest BCUT2D eigenvalue weighted by atomic mass is 16.5. The molecule has 0 radical (unpaired) electrons. The summed E-state index contributed by atoms with van der Waals surface area (Å²) >= 11 is 0. The minimum Gasteiger partial charge on any atom is -0.465 e. The van der Waals surface area contributed by atoms with E-state index >= 15 is 0 Å². The smallest absolute Gasteiger partial charge is 0.325 e. The molecule has 0 fully saturated rings. The van der Waals surface area contributed by atoms with Crippen LogP contribution in [0.4, 0.5) is 0 Å². The fourth-order valence-electron chi connectivity index (χ4n) is 0.919. The fraction of sp³-hybridized carbons (Fsp3) is 0.778. The number of carbonyl (C=O) groups excluding carboxylic acids is 2. The molecule has 4 nitrogen and oxygen atoms in total. The quantitative estimate of drug-likeness (QED) is 0.607. The molecule has 0 aromatic rings. The second-order valence-electron chi connectivity index (χ2n) is 3.15. The number of hydrogen-bond acceptors (Lipinski definition) is 3. The molecule has 4 heteroatoms. The van der Waals surface area contributed by atoms with Crippen LogP contribution < -0.4 is 0 Å². The second-order valence-corrected chi connectivity index (χ2v) is 3.15. The largest absolute Gasteiger partial charge is 0.465 e. The third-order valence-corrected chi connectivity index (χ3v) is 1.54. The summed E-state index contributed by atoms with van der Waals surface area (Å²) < 4.78 is 4.71. The average molecular weight is 187 g/mol. The van der Waals surface area contributed by atoms with Gasteiger partial charge in [-0.3, -0.25) is 9.59 Å². The third-order valence-electron chi connectivity index (χ3n) is 1.54. The van der Waals surface area contributed by atoms with Crippen LogP contribution >= 0.6 is 0 Å². The van der Waals surface area contributed by atoms with Gasteiger partial charge in [-0.25, -0.2) is 0 Å². The summed E-state index contributed by atoms with van der Waals surface area (Å²) in [5.74, 6) is -0.494. The molecule has 0 rings (SSSR count). The molecule has 0 saturated heterocycles. The van der Waals surface area contributed by atoms with Crippen molar-refractivity contribution in [3.8, 4) is 0 Å². The zero-order valence-electron chi connectivity index (χ0n) is 8.66. The topological polar surface area (TPSA) is 46.6 Å². The molecule has 0 aromatic carbocycles. The van der Waals surface area contributed by atoms with E-state index in [0.29, 0.717) is 6.61 Å². The number of nitrogens with zero attached hydrogens (tertiary/aromatic N) is 1. The minimum atomic E-state index is -0.362. The Morgan fingerprint density at radius 3 is 2.31 bits per heavy atom. The molecule has 1 amide bonds. The summed E-state index contributed by atoms with van der Waals surface area (Å²) in [7, 11) is 1.60. The van der Waals surface area contributed by atoms with E-state index in [1.807, 2.05) is 0 Å². The Hall–Kier alpha value is -1.06. The van der Waals surface area contributed by atoms with Crippen LogP contribution in [-0.2, 0) is 14.3 Å². The van der Waals surface area contributed by atoms with Gasteiger partial charge < -0.3 is 9.64 Å².